The number of Topliss-reactive ketones (excluding diaryl/α,β-unsaturated/α-hetero) is 2. The first-order valence-electron chi connectivity index (χ1n) is 16.2. The molecule has 47 heavy (non-hydrogen) atoms. The molecule has 2 aliphatic carbocycles. The van der Waals surface area contributed by atoms with Crippen LogP contribution in [0, 0.1) is 12.8 Å². The second kappa shape index (κ2) is 14.9. The van der Waals surface area contributed by atoms with Crippen LogP contribution in [0.3, 0.4) is 0 Å². The van der Waals surface area contributed by atoms with Gasteiger partial charge < -0.3 is 9.47 Å². The third kappa shape index (κ3) is 7.27. The van der Waals surface area contributed by atoms with Gasteiger partial charge in [0.1, 0.15) is 17.6 Å². The minimum atomic E-state index is -0.110. The average molecular weight is 628 g/mol. The van der Waals surface area contributed by atoms with Crippen molar-refractivity contribution < 1.29 is 14.4 Å². The van der Waals surface area contributed by atoms with Crippen molar-refractivity contribution in [2.75, 3.05) is 13.1 Å². The molecule has 2 unspecified atom stereocenters. The Labute approximate surface area is 275 Å². The number of carbonyl (C=O) groups is 3. The molecule has 8 nitrogen and oxygen atoms in total. The van der Waals surface area contributed by atoms with Crippen LogP contribution >= 0.6 is 0 Å². The molecule has 0 saturated carbocycles. The minimum absolute atomic E-state index is 0.0436. The van der Waals surface area contributed by atoms with Crippen LogP contribution in [0.25, 0.3) is 34.4 Å². The van der Waals surface area contributed by atoms with Crippen molar-refractivity contribution in [2.24, 2.45) is 5.92 Å². The monoisotopic (exact) mass is 627 g/mol. The molecule has 2 atom stereocenters. The highest BCUT2D eigenvalue weighted by atomic mass is 16.2. The van der Waals surface area contributed by atoms with Gasteiger partial charge in [0.25, 0.3) is 0 Å². The molecule has 0 spiro atoms. The molecule has 7 rings (SSSR count). The molecule has 0 aliphatic heterocycles. The maximum atomic E-state index is 12.4. The number of aromatic nitrogens is 4. The molecule has 0 radical (unpaired) electrons. The maximum Gasteiger partial charge on any atom is 0.222 e. The van der Waals surface area contributed by atoms with E-state index in [4.69, 9.17) is 0 Å². The molecule has 240 valence electrons. The van der Waals surface area contributed by atoms with Crippen molar-refractivity contribution in [2.45, 2.75) is 53.5 Å². The summed E-state index contributed by atoms with van der Waals surface area (Å²) in [6.45, 7) is 12.0. The largest absolute Gasteiger partial charge is 0.341 e. The normalized spacial score (nSPS) is 15.8. The fraction of sp³-hybridized carbons (Fsp3) is 0.282. The first-order valence-corrected chi connectivity index (χ1v) is 16.2. The highest BCUT2D eigenvalue weighted by Crippen LogP contribution is 2.27. The number of nitrogens with zero attached hydrogens (tertiary/aromatic N) is 5. The van der Waals surface area contributed by atoms with E-state index >= 15 is 0 Å². The molecular formula is C39H41N5O3. The summed E-state index contributed by atoms with van der Waals surface area (Å²) >= 11 is 0. The van der Waals surface area contributed by atoms with E-state index in [1.807, 2.05) is 97.8 Å². The topological polar surface area (TPSA) is 98.1 Å². The Hall–Kier alpha value is -5.24. The van der Waals surface area contributed by atoms with Crippen LogP contribution in [0.1, 0.15) is 61.5 Å². The number of amides is 1. The number of rotatable bonds is 5. The van der Waals surface area contributed by atoms with Gasteiger partial charge in [0.15, 0.2) is 11.4 Å². The van der Waals surface area contributed by atoms with Gasteiger partial charge in [-0.15, -0.1) is 0 Å². The van der Waals surface area contributed by atoms with Gasteiger partial charge in [0.05, 0.1) is 12.5 Å². The third-order valence-corrected chi connectivity index (χ3v) is 8.73. The van der Waals surface area contributed by atoms with Gasteiger partial charge in [0.2, 0.25) is 5.91 Å². The smallest absolute Gasteiger partial charge is 0.222 e. The van der Waals surface area contributed by atoms with E-state index in [0.29, 0.717) is 25.2 Å². The Kier molecular flexibility index (Phi) is 10.5. The van der Waals surface area contributed by atoms with E-state index in [9.17, 15) is 14.4 Å². The van der Waals surface area contributed by atoms with Crippen LogP contribution < -0.4 is 10.4 Å². The number of carbonyl (C=O) groups excluding carboxylic acids is 3. The highest BCUT2D eigenvalue weighted by Gasteiger charge is 2.27. The first-order chi connectivity index (χ1) is 22.7. The standard InChI is InChI=1S/C20H16O2.C12H17N5O.C7H8/c1-11-9-17-13(12(2)20(11)22)7-8-15-14-5-3-4-6-16(14)19(21)10-18(15)17;1-3-11(18)16(4-2)5-6-17-9-15-12-10(17)7-13-8-14-12;1-7-5-3-2-4-6-7/h3-12H,1-2H3;7-9H,3-6H2,1-2H3;2-6H,1H3. The van der Waals surface area contributed by atoms with E-state index in [0.717, 1.165) is 44.8 Å². The van der Waals surface area contributed by atoms with Gasteiger partial charge in [0, 0.05) is 43.5 Å². The second-order valence-electron chi connectivity index (χ2n) is 11.8. The Morgan fingerprint density at radius 2 is 1.60 bits per heavy atom. The predicted molar refractivity (Wildman–Crippen MR) is 186 cm³/mol. The van der Waals surface area contributed by atoms with E-state index < -0.39 is 0 Å². The van der Waals surface area contributed by atoms with Gasteiger partial charge >= 0.3 is 0 Å². The highest BCUT2D eigenvalue weighted by molar-refractivity contribution is 6.22. The lowest BCUT2D eigenvalue weighted by Gasteiger charge is -2.23. The Balaban J connectivity index is 0.000000156. The molecule has 5 aromatic rings. The maximum absolute atomic E-state index is 12.4. The van der Waals surface area contributed by atoms with Gasteiger partial charge in [-0.3, -0.25) is 14.4 Å². The summed E-state index contributed by atoms with van der Waals surface area (Å²) in [6.07, 6.45) is 9.24. The molecular weight excluding hydrogens is 586 g/mol. The number of fused-ring (bicyclic) bond motifs is 6. The summed E-state index contributed by atoms with van der Waals surface area (Å²) in [4.78, 5) is 50.4. The number of imidazole rings is 1. The molecule has 2 heterocycles. The zero-order chi connectivity index (χ0) is 33.5. The molecule has 0 fully saturated rings. The fourth-order valence-electron chi connectivity index (χ4n) is 6.06. The van der Waals surface area contributed by atoms with Crippen molar-refractivity contribution in [3.05, 3.63) is 113 Å². The Bertz CT molecular complexity index is 2030. The molecule has 1 amide bonds. The Morgan fingerprint density at radius 1 is 0.872 bits per heavy atom. The quantitative estimate of drug-likeness (QED) is 0.255. The van der Waals surface area contributed by atoms with E-state index in [2.05, 4.69) is 34.0 Å². The van der Waals surface area contributed by atoms with E-state index in [1.165, 1.54) is 11.9 Å². The number of hydrogen-bond acceptors (Lipinski definition) is 6. The summed E-state index contributed by atoms with van der Waals surface area (Å²) in [6, 6.07) is 22.1. The molecule has 2 aliphatic rings. The zero-order valence-corrected chi connectivity index (χ0v) is 27.7. The molecule has 8 heteroatoms. The summed E-state index contributed by atoms with van der Waals surface area (Å²) in [7, 11) is 0. The summed E-state index contributed by atoms with van der Waals surface area (Å²) in [5, 5.41) is 2.02. The second-order valence-corrected chi connectivity index (χ2v) is 11.8. The van der Waals surface area contributed by atoms with Gasteiger partial charge in [-0.1, -0.05) is 99.1 Å². The van der Waals surface area contributed by atoms with Crippen LogP contribution in [0.4, 0.5) is 0 Å². The number of benzene rings is 3. The zero-order valence-electron chi connectivity index (χ0n) is 27.7. The van der Waals surface area contributed by atoms with Crippen molar-refractivity contribution in [3.63, 3.8) is 0 Å². The minimum Gasteiger partial charge on any atom is -0.341 e. The van der Waals surface area contributed by atoms with Crippen molar-refractivity contribution >= 4 is 40.8 Å². The van der Waals surface area contributed by atoms with Crippen LogP contribution in [0.15, 0.2) is 85.6 Å². The molecule has 0 N–H and O–H groups in total. The van der Waals surface area contributed by atoms with Gasteiger partial charge in [-0.2, -0.15) is 0 Å². The average Bonchev–Trinajstić information content (AvgIpc) is 3.51. The molecule has 2 aromatic heterocycles. The lowest BCUT2D eigenvalue weighted by molar-refractivity contribution is -0.130. The van der Waals surface area contributed by atoms with Crippen molar-refractivity contribution in [1.29, 1.82) is 0 Å². The lowest BCUT2D eigenvalue weighted by Crippen LogP contribution is -2.40. The summed E-state index contributed by atoms with van der Waals surface area (Å²) in [5.74, 6) is 0.255. The van der Waals surface area contributed by atoms with Gasteiger partial charge in [-0.25, -0.2) is 15.0 Å². The number of hydrogen-bond donors (Lipinski definition) is 0. The number of ketones is 2. The van der Waals surface area contributed by atoms with E-state index in [1.54, 1.807) is 18.6 Å². The van der Waals surface area contributed by atoms with Crippen LogP contribution in [0.5, 0.6) is 0 Å². The SMILES string of the molecule is CC1C=c2c(ccc3c2=CC(=O)c2ccccc2-3)C(C)C1=O.CCC(=O)N(CC)CCn1cnc2ncncc21.Cc1ccccc1. The number of aryl methyl sites for hydroxylation is 1. The Morgan fingerprint density at radius 3 is 2.28 bits per heavy atom. The number of likely N-dealkylation sites (N-methyl/N-ethyl adjacent to an activating group) is 1. The molecule has 0 bridgehead atoms. The van der Waals surface area contributed by atoms with Crippen molar-refractivity contribution in [1.82, 2.24) is 24.4 Å². The lowest BCUT2D eigenvalue weighted by atomic mass is 9.79. The first kappa shape index (κ1) is 33.1. The van der Waals surface area contributed by atoms with Crippen LogP contribution in [0.2, 0.25) is 0 Å². The summed E-state index contributed by atoms with van der Waals surface area (Å²) in [5.41, 5.74) is 6.76. The molecule has 0 saturated heterocycles. The van der Waals surface area contributed by atoms with Crippen LogP contribution in [-0.2, 0) is 16.1 Å². The van der Waals surface area contributed by atoms with Crippen LogP contribution in [-0.4, -0.2) is 55.0 Å². The van der Waals surface area contributed by atoms with E-state index in [-0.39, 0.29) is 29.3 Å². The molecule has 3 aromatic carbocycles. The summed E-state index contributed by atoms with van der Waals surface area (Å²) < 4.78 is 1.97. The predicted octanol–water partition coefficient (Wildman–Crippen LogP) is 5.51. The van der Waals surface area contributed by atoms with Crippen molar-refractivity contribution in [3.8, 4) is 11.1 Å². The fourth-order valence-corrected chi connectivity index (χ4v) is 6.06. The van der Waals surface area contributed by atoms with Gasteiger partial charge in [-0.05, 0) is 47.1 Å². The third-order valence-electron chi connectivity index (χ3n) is 8.73.